The molecule has 1 heterocycles. The van der Waals surface area contributed by atoms with Crippen molar-refractivity contribution in [1.29, 1.82) is 0 Å². The zero-order valence-electron chi connectivity index (χ0n) is 11.4. The molecule has 0 bridgehead atoms. The first kappa shape index (κ1) is 14.0. The first-order valence-electron chi connectivity index (χ1n) is 6.62. The van der Waals surface area contributed by atoms with Crippen LogP contribution in [0.4, 0.5) is 0 Å². The molecule has 3 N–H and O–H groups in total. The Balaban J connectivity index is 2.22. The van der Waals surface area contributed by atoms with E-state index in [0.717, 1.165) is 23.7 Å². The molecule has 0 atom stereocenters. The lowest BCUT2D eigenvalue weighted by molar-refractivity contribution is -0.118. The van der Waals surface area contributed by atoms with Crippen LogP contribution in [-0.4, -0.2) is 40.0 Å². The van der Waals surface area contributed by atoms with Gasteiger partial charge in [-0.1, -0.05) is 19.4 Å². The molecule has 0 aliphatic heterocycles. The highest BCUT2D eigenvalue weighted by Crippen LogP contribution is 2.14. The number of aromatic amines is 1. The standard InChI is InChI=1S/C14H18N4O2/c1-2-3-6-18(9-13(15)19)14(20)10-4-5-11-8-16-17-12(11)7-10/h4-5,7-8H,2-3,6,9H2,1H3,(H2,15,19)(H,16,17). The fraction of sp³-hybridized carbons (Fsp3) is 0.357. The number of nitrogens with zero attached hydrogens (tertiary/aromatic N) is 2. The highest BCUT2D eigenvalue weighted by molar-refractivity contribution is 5.99. The highest BCUT2D eigenvalue weighted by atomic mass is 16.2. The molecule has 1 aromatic carbocycles. The van der Waals surface area contributed by atoms with E-state index in [2.05, 4.69) is 10.2 Å². The molecule has 0 radical (unpaired) electrons. The van der Waals surface area contributed by atoms with E-state index >= 15 is 0 Å². The monoisotopic (exact) mass is 274 g/mol. The van der Waals surface area contributed by atoms with E-state index in [1.165, 1.54) is 4.90 Å². The molecule has 20 heavy (non-hydrogen) atoms. The number of nitrogens with two attached hydrogens (primary N) is 1. The third kappa shape index (κ3) is 3.14. The number of amides is 2. The molecule has 0 saturated heterocycles. The fourth-order valence-electron chi connectivity index (χ4n) is 2.04. The zero-order chi connectivity index (χ0) is 14.5. The van der Waals surface area contributed by atoms with Gasteiger partial charge in [0.25, 0.3) is 5.91 Å². The number of carbonyl (C=O) groups excluding carboxylic acids is 2. The Morgan fingerprint density at radius 2 is 2.20 bits per heavy atom. The maximum atomic E-state index is 12.4. The van der Waals surface area contributed by atoms with Crippen molar-refractivity contribution in [3.05, 3.63) is 30.0 Å². The summed E-state index contributed by atoms with van der Waals surface area (Å²) in [5.74, 6) is -0.689. The van der Waals surface area contributed by atoms with Gasteiger partial charge in [0.05, 0.1) is 18.3 Å². The average Bonchev–Trinajstić information content (AvgIpc) is 2.89. The minimum absolute atomic E-state index is 0.0557. The molecule has 0 aliphatic carbocycles. The van der Waals surface area contributed by atoms with Gasteiger partial charge in [0.15, 0.2) is 0 Å². The van der Waals surface area contributed by atoms with E-state index in [0.29, 0.717) is 12.1 Å². The number of nitrogens with one attached hydrogen (secondary N) is 1. The molecular weight excluding hydrogens is 256 g/mol. The maximum Gasteiger partial charge on any atom is 0.254 e. The van der Waals surface area contributed by atoms with Crippen molar-refractivity contribution in [2.45, 2.75) is 19.8 Å². The number of carbonyl (C=O) groups is 2. The van der Waals surface area contributed by atoms with Crippen LogP contribution in [0.25, 0.3) is 10.9 Å². The highest BCUT2D eigenvalue weighted by Gasteiger charge is 2.17. The maximum absolute atomic E-state index is 12.4. The van der Waals surface area contributed by atoms with Crippen LogP contribution in [0.2, 0.25) is 0 Å². The van der Waals surface area contributed by atoms with Gasteiger partial charge in [0.1, 0.15) is 0 Å². The van der Waals surface area contributed by atoms with E-state index in [4.69, 9.17) is 5.73 Å². The largest absolute Gasteiger partial charge is 0.368 e. The molecule has 2 amide bonds. The Kier molecular flexibility index (Phi) is 4.34. The molecule has 6 heteroatoms. The second-order valence-corrected chi connectivity index (χ2v) is 4.72. The van der Waals surface area contributed by atoms with E-state index in [9.17, 15) is 9.59 Å². The summed E-state index contributed by atoms with van der Waals surface area (Å²) < 4.78 is 0. The Morgan fingerprint density at radius 1 is 1.40 bits per heavy atom. The molecule has 0 spiro atoms. The van der Waals surface area contributed by atoms with Gasteiger partial charge in [-0.25, -0.2) is 0 Å². The first-order valence-corrected chi connectivity index (χ1v) is 6.62. The van der Waals surface area contributed by atoms with Crippen molar-refractivity contribution >= 4 is 22.7 Å². The van der Waals surface area contributed by atoms with Crippen molar-refractivity contribution in [3.8, 4) is 0 Å². The molecule has 2 aromatic rings. The van der Waals surface area contributed by atoms with Crippen molar-refractivity contribution in [3.63, 3.8) is 0 Å². The van der Waals surface area contributed by atoms with Crippen LogP contribution in [0.15, 0.2) is 24.4 Å². The van der Waals surface area contributed by atoms with Crippen LogP contribution >= 0.6 is 0 Å². The lowest BCUT2D eigenvalue weighted by atomic mass is 10.1. The summed E-state index contributed by atoms with van der Waals surface area (Å²) in [4.78, 5) is 25.0. The SMILES string of the molecule is CCCCN(CC(N)=O)C(=O)c1ccc2cn[nH]c2c1. The number of unbranched alkanes of at least 4 members (excludes halogenated alkanes) is 1. The topological polar surface area (TPSA) is 92.1 Å². The quantitative estimate of drug-likeness (QED) is 0.831. The molecule has 0 fully saturated rings. The number of aromatic nitrogens is 2. The van der Waals surface area contributed by atoms with Gasteiger partial charge in [0, 0.05) is 17.5 Å². The number of H-pyrrole nitrogens is 1. The Labute approximate surface area is 116 Å². The minimum atomic E-state index is -0.503. The van der Waals surface area contributed by atoms with Gasteiger partial charge in [0.2, 0.25) is 5.91 Å². The summed E-state index contributed by atoms with van der Waals surface area (Å²) in [7, 11) is 0. The van der Waals surface area contributed by atoms with Crippen LogP contribution in [-0.2, 0) is 4.79 Å². The van der Waals surface area contributed by atoms with Crippen molar-refractivity contribution in [1.82, 2.24) is 15.1 Å². The normalized spacial score (nSPS) is 10.7. The van der Waals surface area contributed by atoms with E-state index in [-0.39, 0.29) is 12.5 Å². The summed E-state index contributed by atoms with van der Waals surface area (Å²) in [5.41, 5.74) is 6.53. The summed E-state index contributed by atoms with van der Waals surface area (Å²) in [6.07, 6.45) is 3.48. The molecule has 106 valence electrons. The Hall–Kier alpha value is -2.37. The smallest absolute Gasteiger partial charge is 0.254 e. The number of hydrogen-bond acceptors (Lipinski definition) is 3. The molecule has 0 unspecified atom stereocenters. The fourth-order valence-corrected chi connectivity index (χ4v) is 2.04. The predicted molar refractivity (Wildman–Crippen MR) is 76.1 cm³/mol. The van der Waals surface area contributed by atoms with E-state index in [1.54, 1.807) is 18.3 Å². The summed E-state index contributed by atoms with van der Waals surface area (Å²) >= 11 is 0. The first-order chi connectivity index (χ1) is 9.61. The van der Waals surface area contributed by atoms with E-state index in [1.807, 2.05) is 13.0 Å². The van der Waals surface area contributed by atoms with Crippen LogP contribution in [0.1, 0.15) is 30.1 Å². The lowest BCUT2D eigenvalue weighted by Gasteiger charge is -2.21. The Bertz CT molecular complexity index is 620. The molecule has 2 rings (SSSR count). The second-order valence-electron chi connectivity index (χ2n) is 4.72. The third-order valence-corrected chi connectivity index (χ3v) is 3.10. The minimum Gasteiger partial charge on any atom is -0.368 e. The Morgan fingerprint density at radius 3 is 2.90 bits per heavy atom. The van der Waals surface area contributed by atoms with Gasteiger partial charge in [-0.15, -0.1) is 0 Å². The number of benzene rings is 1. The summed E-state index contributed by atoms with van der Waals surface area (Å²) in [6, 6.07) is 5.30. The molecule has 1 aromatic heterocycles. The molecular formula is C14H18N4O2. The van der Waals surface area contributed by atoms with Crippen molar-refractivity contribution in [2.75, 3.05) is 13.1 Å². The van der Waals surface area contributed by atoms with E-state index < -0.39 is 5.91 Å². The van der Waals surface area contributed by atoms with Crippen LogP contribution in [0.3, 0.4) is 0 Å². The lowest BCUT2D eigenvalue weighted by Crippen LogP contribution is -2.39. The molecule has 6 nitrogen and oxygen atoms in total. The van der Waals surface area contributed by atoms with Crippen molar-refractivity contribution in [2.24, 2.45) is 5.73 Å². The number of hydrogen-bond donors (Lipinski definition) is 2. The summed E-state index contributed by atoms with van der Waals surface area (Å²) in [6.45, 7) is 2.50. The zero-order valence-corrected chi connectivity index (χ0v) is 11.4. The van der Waals surface area contributed by atoms with Crippen LogP contribution < -0.4 is 5.73 Å². The molecule has 0 aliphatic rings. The van der Waals surface area contributed by atoms with Gasteiger partial charge >= 0.3 is 0 Å². The predicted octanol–water partition coefficient (Wildman–Crippen LogP) is 1.29. The van der Waals surface area contributed by atoms with Gasteiger partial charge in [-0.2, -0.15) is 5.10 Å². The average molecular weight is 274 g/mol. The second kappa shape index (κ2) is 6.18. The van der Waals surface area contributed by atoms with Crippen LogP contribution in [0.5, 0.6) is 0 Å². The van der Waals surface area contributed by atoms with Crippen LogP contribution in [0, 0.1) is 0 Å². The third-order valence-electron chi connectivity index (χ3n) is 3.10. The number of rotatable bonds is 6. The van der Waals surface area contributed by atoms with Gasteiger partial charge in [-0.3, -0.25) is 14.7 Å². The van der Waals surface area contributed by atoms with Gasteiger partial charge in [-0.05, 0) is 18.6 Å². The molecule has 0 saturated carbocycles. The van der Waals surface area contributed by atoms with Gasteiger partial charge < -0.3 is 10.6 Å². The van der Waals surface area contributed by atoms with Crippen molar-refractivity contribution < 1.29 is 9.59 Å². The number of primary amides is 1. The number of fused-ring (bicyclic) bond motifs is 1. The summed E-state index contributed by atoms with van der Waals surface area (Å²) in [5, 5.41) is 7.69.